The molecule has 0 amide bonds. The molecule has 1 fully saturated rings. The highest BCUT2D eigenvalue weighted by Gasteiger charge is 2.21. The van der Waals surface area contributed by atoms with E-state index in [0.29, 0.717) is 12.1 Å². The largest absolute Gasteiger partial charge is 0.381 e. The standard InChI is InChI=1S/C16H26N2O/c1-3-17-16(14-7-5-4-6-8-14)13-18-11-9-15(19-2)10-12-18/h4-8,15-17H,3,9-13H2,1-2H3. The molecule has 0 radical (unpaired) electrons. The summed E-state index contributed by atoms with van der Waals surface area (Å²) in [6.07, 6.45) is 2.78. The van der Waals surface area contributed by atoms with Crippen molar-refractivity contribution in [3.05, 3.63) is 35.9 Å². The van der Waals surface area contributed by atoms with Crippen LogP contribution in [0.2, 0.25) is 0 Å². The summed E-state index contributed by atoms with van der Waals surface area (Å²) in [6, 6.07) is 11.2. The van der Waals surface area contributed by atoms with Gasteiger partial charge in [0.15, 0.2) is 0 Å². The lowest BCUT2D eigenvalue weighted by Crippen LogP contribution is -2.41. The zero-order valence-corrected chi connectivity index (χ0v) is 12.1. The number of likely N-dealkylation sites (N-methyl/N-ethyl adjacent to an activating group) is 1. The molecule has 1 aliphatic rings. The Morgan fingerprint density at radius 3 is 2.53 bits per heavy atom. The van der Waals surface area contributed by atoms with E-state index in [1.807, 2.05) is 7.11 Å². The lowest BCUT2D eigenvalue weighted by molar-refractivity contribution is 0.0384. The summed E-state index contributed by atoms with van der Waals surface area (Å²) in [5.74, 6) is 0. The third kappa shape index (κ3) is 4.30. The number of methoxy groups -OCH3 is 1. The summed E-state index contributed by atoms with van der Waals surface area (Å²) in [5, 5.41) is 3.60. The number of benzene rings is 1. The molecule has 1 atom stereocenters. The van der Waals surface area contributed by atoms with Crippen LogP contribution in [0.3, 0.4) is 0 Å². The summed E-state index contributed by atoms with van der Waals surface area (Å²) in [4.78, 5) is 2.55. The Labute approximate surface area is 116 Å². The molecule has 106 valence electrons. The molecule has 19 heavy (non-hydrogen) atoms. The molecule has 1 unspecified atom stereocenters. The van der Waals surface area contributed by atoms with Crippen LogP contribution in [-0.4, -0.2) is 44.3 Å². The first-order valence-corrected chi connectivity index (χ1v) is 7.37. The Bertz CT molecular complexity index is 347. The summed E-state index contributed by atoms with van der Waals surface area (Å²) >= 11 is 0. The number of likely N-dealkylation sites (tertiary alicyclic amines) is 1. The van der Waals surface area contributed by atoms with E-state index in [9.17, 15) is 0 Å². The average Bonchev–Trinajstić information content (AvgIpc) is 2.48. The van der Waals surface area contributed by atoms with Gasteiger partial charge in [-0.05, 0) is 24.9 Å². The van der Waals surface area contributed by atoms with Gasteiger partial charge in [-0.25, -0.2) is 0 Å². The van der Waals surface area contributed by atoms with Gasteiger partial charge in [0.25, 0.3) is 0 Å². The third-order valence-electron chi connectivity index (χ3n) is 3.96. The van der Waals surface area contributed by atoms with Gasteiger partial charge < -0.3 is 15.0 Å². The van der Waals surface area contributed by atoms with Crippen LogP contribution in [0.4, 0.5) is 0 Å². The van der Waals surface area contributed by atoms with Crippen LogP contribution >= 0.6 is 0 Å². The molecule has 3 nitrogen and oxygen atoms in total. The van der Waals surface area contributed by atoms with Gasteiger partial charge in [0.2, 0.25) is 0 Å². The van der Waals surface area contributed by atoms with E-state index >= 15 is 0 Å². The van der Waals surface area contributed by atoms with Gasteiger partial charge in [-0.15, -0.1) is 0 Å². The highest BCUT2D eigenvalue weighted by Crippen LogP contribution is 2.18. The highest BCUT2D eigenvalue weighted by atomic mass is 16.5. The minimum Gasteiger partial charge on any atom is -0.381 e. The molecule has 1 heterocycles. The van der Waals surface area contributed by atoms with Crippen LogP contribution in [0.1, 0.15) is 31.4 Å². The number of piperidine rings is 1. The Hall–Kier alpha value is -0.900. The zero-order valence-electron chi connectivity index (χ0n) is 12.1. The quantitative estimate of drug-likeness (QED) is 0.852. The van der Waals surface area contributed by atoms with E-state index in [2.05, 4.69) is 47.5 Å². The molecule has 1 aromatic carbocycles. The lowest BCUT2D eigenvalue weighted by Gasteiger charge is -2.34. The van der Waals surface area contributed by atoms with Crippen molar-refractivity contribution in [1.29, 1.82) is 0 Å². The average molecular weight is 262 g/mol. The molecule has 1 N–H and O–H groups in total. The first kappa shape index (κ1) is 14.5. The van der Waals surface area contributed by atoms with E-state index in [4.69, 9.17) is 4.74 Å². The van der Waals surface area contributed by atoms with Gasteiger partial charge in [0.1, 0.15) is 0 Å². The van der Waals surface area contributed by atoms with Crippen LogP contribution in [0, 0.1) is 0 Å². The number of nitrogens with one attached hydrogen (secondary N) is 1. The second-order valence-electron chi connectivity index (χ2n) is 5.26. The van der Waals surface area contributed by atoms with Crippen molar-refractivity contribution in [1.82, 2.24) is 10.2 Å². The van der Waals surface area contributed by atoms with Crippen molar-refractivity contribution in [2.24, 2.45) is 0 Å². The number of hydrogen-bond donors (Lipinski definition) is 1. The fourth-order valence-corrected chi connectivity index (χ4v) is 2.81. The van der Waals surface area contributed by atoms with Crippen LogP contribution in [-0.2, 0) is 4.74 Å². The Balaban J connectivity index is 1.91. The van der Waals surface area contributed by atoms with Gasteiger partial charge in [-0.1, -0.05) is 37.3 Å². The molecule has 1 saturated heterocycles. The molecular weight excluding hydrogens is 236 g/mol. The van der Waals surface area contributed by atoms with Gasteiger partial charge in [-0.2, -0.15) is 0 Å². The van der Waals surface area contributed by atoms with Crippen molar-refractivity contribution < 1.29 is 4.74 Å². The van der Waals surface area contributed by atoms with E-state index < -0.39 is 0 Å². The van der Waals surface area contributed by atoms with E-state index in [1.165, 1.54) is 5.56 Å². The lowest BCUT2D eigenvalue weighted by atomic mass is 10.0. The number of nitrogens with zero attached hydrogens (tertiary/aromatic N) is 1. The molecule has 0 aliphatic carbocycles. The predicted molar refractivity (Wildman–Crippen MR) is 79.3 cm³/mol. The van der Waals surface area contributed by atoms with Crippen molar-refractivity contribution in [3.8, 4) is 0 Å². The SMILES string of the molecule is CCNC(CN1CCC(OC)CC1)c1ccccc1. The smallest absolute Gasteiger partial charge is 0.0595 e. The summed E-state index contributed by atoms with van der Waals surface area (Å²) in [5.41, 5.74) is 1.39. The third-order valence-corrected chi connectivity index (χ3v) is 3.96. The maximum atomic E-state index is 5.43. The molecule has 0 bridgehead atoms. The molecule has 0 spiro atoms. The summed E-state index contributed by atoms with van der Waals surface area (Å²) < 4.78 is 5.43. The molecule has 1 aliphatic heterocycles. The topological polar surface area (TPSA) is 24.5 Å². The molecule has 1 aromatic rings. The van der Waals surface area contributed by atoms with E-state index in [1.54, 1.807) is 0 Å². The highest BCUT2D eigenvalue weighted by molar-refractivity contribution is 5.19. The number of rotatable bonds is 6. The van der Waals surface area contributed by atoms with Crippen LogP contribution < -0.4 is 5.32 Å². The fourth-order valence-electron chi connectivity index (χ4n) is 2.81. The van der Waals surface area contributed by atoms with Crippen LogP contribution in [0.5, 0.6) is 0 Å². The van der Waals surface area contributed by atoms with E-state index in [-0.39, 0.29) is 0 Å². The van der Waals surface area contributed by atoms with Crippen molar-refractivity contribution in [2.75, 3.05) is 33.3 Å². The van der Waals surface area contributed by atoms with Crippen molar-refractivity contribution in [3.63, 3.8) is 0 Å². The van der Waals surface area contributed by atoms with E-state index in [0.717, 1.165) is 39.0 Å². The van der Waals surface area contributed by atoms with Gasteiger partial charge >= 0.3 is 0 Å². The summed E-state index contributed by atoms with van der Waals surface area (Å²) in [6.45, 7) is 6.57. The van der Waals surface area contributed by atoms with Gasteiger partial charge in [0.05, 0.1) is 6.10 Å². The number of hydrogen-bond acceptors (Lipinski definition) is 3. The van der Waals surface area contributed by atoms with Crippen LogP contribution in [0.25, 0.3) is 0 Å². The second-order valence-corrected chi connectivity index (χ2v) is 5.26. The number of ether oxygens (including phenoxy) is 1. The second kappa shape index (κ2) is 7.63. The molecular formula is C16H26N2O. The van der Waals surface area contributed by atoms with Crippen LogP contribution in [0.15, 0.2) is 30.3 Å². The van der Waals surface area contributed by atoms with Crippen molar-refractivity contribution >= 4 is 0 Å². The normalized spacial score (nSPS) is 19.5. The fraction of sp³-hybridized carbons (Fsp3) is 0.625. The first-order valence-electron chi connectivity index (χ1n) is 7.37. The maximum Gasteiger partial charge on any atom is 0.0595 e. The first-order chi connectivity index (χ1) is 9.33. The molecule has 2 rings (SSSR count). The Kier molecular flexibility index (Phi) is 5.83. The zero-order chi connectivity index (χ0) is 13.5. The molecule has 0 aromatic heterocycles. The van der Waals surface area contributed by atoms with Gasteiger partial charge in [-0.3, -0.25) is 0 Å². The summed E-state index contributed by atoms with van der Waals surface area (Å²) in [7, 11) is 1.83. The maximum absolute atomic E-state index is 5.43. The Morgan fingerprint density at radius 1 is 1.26 bits per heavy atom. The minimum atomic E-state index is 0.435. The molecule has 0 saturated carbocycles. The van der Waals surface area contributed by atoms with Gasteiger partial charge in [0, 0.05) is 32.8 Å². The predicted octanol–water partition coefficient (Wildman–Crippen LogP) is 2.45. The monoisotopic (exact) mass is 262 g/mol. The minimum absolute atomic E-state index is 0.435. The van der Waals surface area contributed by atoms with Crippen molar-refractivity contribution in [2.45, 2.75) is 31.9 Å². The Morgan fingerprint density at radius 2 is 1.95 bits per heavy atom. The molecule has 3 heteroatoms.